The first kappa shape index (κ1) is 19.5. The van der Waals surface area contributed by atoms with Crippen LogP contribution < -0.4 is 0 Å². The number of halogens is 2. The number of hydrogen-bond donors (Lipinski definition) is 2. The van der Waals surface area contributed by atoms with Crippen molar-refractivity contribution in [1.82, 2.24) is 0 Å². The lowest BCUT2D eigenvalue weighted by atomic mass is 9.94. The standard InChI is InChI=1S/C14H6Br2N2O8/c15-9-3-5(17(23)24)1-7(13(19)20)11(9)12-8(14(21)22)2-6(18(25)26)4-10(12)16/h1-4H,(H,19,20)(H,21,22). The summed E-state index contributed by atoms with van der Waals surface area (Å²) in [7, 11) is 0. The third-order valence-electron chi connectivity index (χ3n) is 3.28. The molecule has 0 aliphatic carbocycles. The van der Waals surface area contributed by atoms with Gasteiger partial charge in [0, 0.05) is 44.3 Å². The molecule has 0 aromatic heterocycles. The molecule has 2 aromatic rings. The van der Waals surface area contributed by atoms with E-state index in [4.69, 9.17) is 0 Å². The van der Waals surface area contributed by atoms with Crippen molar-refractivity contribution in [2.45, 2.75) is 0 Å². The minimum atomic E-state index is -1.54. The van der Waals surface area contributed by atoms with Gasteiger partial charge in [-0.15, -0.1) is 0 Å². The van der Waals surface area contributed by atoms with Gasteiger partial charge in [-0.2, -0.15) is 0 Å². The smallest absolute Gasteiger partial charge is 0.336 e. The van der Waals surface area contributed by atoms with Crippen molar-refractivity contribution < 1.29 is 29.6 Å². The van der Waals surface area contributed by atoms with E-state index >= 15 is 0 Å². The summed E-state index contributed by atoms with van der Waals surface area (Å²) in [6.45, 7) is 0. The Morgan fingerprint density at radius 1 is 0.769 bits per heavy atom. The van der Waals surface area contributed by atoms with Gasteiger partial charge in [0.25, 0.3) is 11.4 Å². The number of carboxylic acid groups (broad SMARTS) is 2. The molecule has 10 nitrogen and oxygen atoms in total. The lowest BCUT2D eigenvalue weighted by molar-refractivity contribution is -0.385. The SMILES string of the molecule is O=C(O)c1cc([N+](=O)[O-])cc(Br)c1-c1c(Br)cc([N+](=O)[O-])cc1C(=O)O. The van der Waals surface area contributed by atoms with E-state index in [9.17, 15) is 40.0 Å². The summed E-state index contributed by atoms with van der Waals surface area (Å²) >= 11 is 6.04. The highest BCUT2D eigenvalue weighted by atomic mass is 79.9. The van der Waals surface area contributed by atoms with Crippen LogP contribution >= 0.6 is 31.9 Å². The Kier molecular flexibility index (Phi) is 5.37. The second kappa shape index (κ2) is 7.17. The van der Waals surface area contributed by atoms with Crippen molar-refractivity contribution in [3.05, 3.63) is 64.6 Å². The molecule has 0 amide bonds. The summed E-state index contributed by atoms with van der Waals surface area (Å²) in [5.41, 5.74) is -2.45. The molecule has 0 atom stereocenters. The van der Waals surface area contributed by atoms with Gasteiger partial charge in [-0.25, -0.2) is 9.59 Å². The van der Waals surface area contributed by atoms with Crippen molar-refractivity contribution in [1.29, 1.82) is 0 Å². The van der Waals surface area contributed by atoms with Gasteiger partial charge in [0.1, 0.15) is 0 Å². The molecule has 0 aliphatic heterocycles. The Bertz CT molecular complexity index is 910. The zero-order chi connectivity index (χ0) is 19.8. The number of carboxylic acids is 2. The highest BCUT2D eigenvalue weighted by Gasteiger charge is 2.28. The van der Waals surface area contributed by atoms with Gasteiger partial charge in [0.15, 0.2) is 0 Å². The number of hydrogen-bond acceptors (Lipinski definition) is 6. The Hall–Kier alpha value is -2.86. The maximum Gasteiger partial charge on any atom is 0.336 e. The van der Waals surface area contributed by atoms with Crippen LogP contribution in [0, 0.1) is 20.2 Å². The molecule has 2 aromatic carbocycles. The predicted octanol–water partition coefficient (Wildman–Crippen LogP) is 4.09. The van der Waals surface area contributed by atoms with E-state index in [-0.39, 0.29) is 20.1 Å². The van der Waals surface area contributed by atoms with E-state index in [0.717, 1.165) is 24.3 Å². The molecular formula is C14H6Br2N2O8. The van der Waals surface area contributed by atoms with Crippen LogP contribution in [0.4, 0.5) is 11.4 Å². The fourth-order valence-electron chi connectivity index (χ4n) is 2.24. The van der Waals surface area contributed by atoms with E-state index in [1.807, 2.05) is 0 Å². The summed E-state index contributed by atoms with van der Waals surface area (Å²) in [6.07, 6.45) is 0. The van der Waals surface area contributed by atoms with Gasteiger partial charge in [0.05, 0.1) is 21.0 Å². The third-order valence-corrected chi connectivity index (χ3v) is 4.53. The first-order valence-electron chi connectivity index (χ1n) is 6.47. The molecular weight excluding hydrogens is 484 g/mol. The summed E-state index contributed by atoms with van der Waals surface area (Å²) in [5, 5.41) is 40.7. The Morgan fingerprint density at radius 3 is 1.31 bits per heavy atom. The van der Waals surface area contributed by atoms with E-state index < -0.39 is 44.3 Å². The number of nitro groups is 2. The lowest BCUT2D eigenvalue weighted by Crippen LogP contribution is -2.07. The van der Waals surface area contributed by atoms with Crippen LogP contribution in [0.5, 0.6) is 0 Å². The molecule has 134 valence electrons. The first-order valence-corrected chi connectivity index (χ1v) is 8.06. The van der Waals surface area contributed by atoms with Crippen LogP contribution in [0.25, 0.3) is 11.1 Å². The average Bonchev–Trinajstić information content (AvgIpc) is 2.53. The molecule has 0 radical (unpaired) electrons. The van der Waals surface area contributed by atoms with E-state index in [1.54, 1.807) is 0 Å². The van der Waals surface area contributed by atoms with Gasteiger partial charge >= 0.3 is 11.9 Å². The normalized spacial score (nSPS) is 10.4. The van der Waals surface area contributed by atoms with Gasteiger partial charge < -0.3 is 10.2 Å². The van der Waals surface area contributed by atoms with Crippen LogP contribution in [-0.4, -0.2) is 32.0 Å². The molecule has 0 fully saturated rings. The zero-order valence-corrected chi connectivity index (χ0v) is 15.5. The number of nitro benzene ring substituents is 2. The van der Waals surface area contributed by atoms with Crippen molar-refractivity contribution in [3.63, 3.8) is 0 Å². The highest BCUT2D eigenvalue weighted by molar-refractivity contribution is 9.11. The summed E-state index contributed by atoms with van der Waals surface area (Å²) in [6, 6.07) is 3.59. The molecule has 2 N–H and O–H groups in total. The minimum Gasteiger partial charge on any atom is -0.478 e. The summed E-state index contributed by atoms with van der Waals surface area (Å²) < 4.78 is -0.109. The van der Waals surface area contributed by atoms with E-state index in [1.165, 1.54) is 0 Å². The quantitative estimate of drug-likeness (QED) is 0.468. The molecule has 0 spiro atoms. The Labute approximate surface area is 160 Å². The number of benzene rings is 2. The summed E-state index contributed by atoms with van der Waals surface area (Å²) in [5.74, 6) is -3.07. The Balaban J connectivity index is 2.96. The fraction of sp³-hybridized carbons (Fsp3) is 0. The molecule has 0 aliphatic rings. The van der Waals surface area contributed by atoms with Crippen LogP contribution in [0.3, 0.4) is 0 Å². The van der Waals surface area contributed by atoms with Gasteiger partial charge in [-0.05, 0) is 31.9 Å². The fourth-order valence-corrected chi connectivity index (χ4v) is 3.53. The molecule has 0 bridgehead atoms. The second-order valence-electron chi connectivity index (χ2n) is 4.82. The first-order chi connectivity index (χ1) is 12.0. The van der Waals surface area contributed by atoms with Crippen LogP contribution in [-0.2, 0) is 0 Å². The number of aromatic carboxylic acids is 2. The van der Waals surface area contributed by atoms with Gasteiger partial charge in [0.2, 0.25) is 0 Å². The molecule has 0 saturated heterocycles. The molecule has 0 saturated carbocycles. The van der Waals surface area contributed by atoms with Crippen molar-refractivity contribution in [3.8, 4) is 11.1 Å². The summed E-state index contributed by atoms with van der Waals surface area (Å²) in [4.78, 5) is 43.4. The number of rotatable bonds is 5. The largest absolute Gasteiger partial charge is 0.478 e. The highest BCUT2D eigenvalue weighted by Crippen LogP contribution is 2.42. The zero-order valence-electron chi connectivity index (χ0n) is 12.3. The topological polar surface area (TPSA) is 161 Å². The van der Waals surface area contributed by atoms with Gasteiger partial charge in [-0.1, -0.05) is 0 Å². The molecule has 2 rings (SSSR count). The number of non-ortho nitro benzene ring substituents is 2. The van der Waals surface area contributed by atoms with E-state index in [0.29, 0.717) is 0 Å². The van der Waals surface area contributed by atoms with E-state index in [2.05, 4.69) is 31.9 Å². The molecule has 26 heavy (non-hydrogen) atoms. The van der Waals surface area contributed by atoms with Crippen molar-refractivity contribution >= 4 is 55.2 Å². The van der Waals surface area contributed by atoms with Crippen molar-refractivity contribution in [2.24, 2.45) is 0 Å². The number of nitrogens with zero attached hydrogens (tertiary/aromatic N) is 2. The lowest BCUT2D eigenvalue weighted by Gasteiger charge is -2.14. The molecule has 0 unspecified atom stereocenters. The monoisotopic (exact) mass is 488 g/mol. The third kappa shape index (κ3) is 3.55. The van der Waals surface area contributed by atoms with Gasteiger partial charge in [-0.3, -0.25) is 20.2 Å². The average molecular weight is 490 g/mol. The number of carbonyl (C=O) groups is 2. The predicted molar refractivity (Wildman–Crippen MR) is 94.5 cm³/mol. The Morgan fingerprint density at radius 2 is 1.08 bits per heavy atom. The maximum atomic E-state index is 11.6. The second-order valence-corrected chi connectivity index (χ2v) is 6.53. The van der Waals surface area contributed by atoms with Crippen LogP contribution in [0.15, 0.2) is 33.2 Å². The maximum absolute atomic E-state index is 11.6. The van der Waals surface area contributed by atoms with Crippen LogP contribution in [0.1, 0.15) is 20.7 Å². The molecule has 0 heterocycles. The van der Waals surface area contributed by atoms with Crippen LogP contribution in [0.2, 0.25) is 0 Å². The van der Waals surface area contributed by atoms with Crippen molar-refractivity contribution in [2.75, 3.05) is 0 Å². The minimum absolute atomic E-state index is 0.0545. The molecule has 12 heteroatoms.